The van der Waals surface area contributed by atoms with Crippen LogP contribution in [0.4, 0.5) is 5.82 Å². The van der Waals surface area contributed by atoms with E-state index in [0.717, 1.165) is 59.3 Å². The molecule has 0 radical (unpaired) electrons. The van der Waals surface area contributed by atoms with Gasteiger partial charge in [0, 0.05) is 34.4 Å². The number of nitrogens with two attached hydrogens (primary N) is 2. The van der Waals surface area contributed by atoms with Crippen molar-refractivity contribution >= 4 is 17.4 Å². The number of nitrogens with zero attached hydrogens (tertiary/aromatic N) is 5. The predicted octanol–water partition coefficient (Wildman–Crippen LogP) is 4.47. The summed E-state index contributed by atoms with van der Waals surface area (Å²) in [5.74, 6) is 5.98. The minimum atomic E-state index is -0.439. The molecule has 4 aromatic rings. The number of hydrogen-bond acceptors (Lipinski definition) is 8. The number of nitrogen functional groups attached to an aromatic ring is 1. The molecule has 0 bridgehead atoms. The molecule has 1 unspecified atom stereocenters. The average molecular weight is 498 g/mol. The largest absolute Gasteiger partial charge is 0.383 e. The third kappa shape index (κ3) is 4.79. The number of aromatic nitrogens is 4. The average Bonchev–Trinajstić information content (AvgIpc) is 3.37. The van der Waals surface area contributed by atoms with Gasteiger partial charge in [-0.3, -0.25) is 15.2 Å². The lowest BCUT2D eigenvalue weighted by Gasteiger charge is -2.28. The summed E-state index contributed by atoms with van der Waals surface area (Å²) in [5, 5.41) is 8.26. The first-order valence-corrected chi connectivity index (χ1v) is 12.5. The van der Waals surface area contributed by atoms with Crippen LogP contribution in [0.1, 0.15) is 49.9 Å². The second-order valence-electron chi connectivity index (χ2n) is 9.68. The fourth-order valence-electron chi connectivity index (χ4n) is 5.31. The van der Waals surface area contributed by atoms with Crippen molar-refractivity contribution < 1.29 is 4.79 Å². The second kappa shape index (κ2) is 10.4. The van der Waals surface area contributed by atoms with Crippen LogP contribution in [-0.4, -0.2) is 25.5 Å². The van der Waals surface area contributed by atoms with Crippen LogP contribution in [-0.2, 0) is 11.2 Å². The Kier molecular flexibility index (Phi) is 6.91. The van der Waals surface area contributed by atoms with Crippen molar-refractivity contribution in [3.8, 4) is 22.4 Å². The zero-order chi connectivity index (χ0) is 25.9. The maximum atomic E-state index is 11.9. The first kappa shape index (κ1) is 24.5. The van der Waals surface area contributed by atoms with Gasteiger partial charge in [0.2, 0.25) is 5.91 Å². The Bertz CT molecular complexity index is 1410. The quantitative estimate of drug-likeness (QED) is 0.127. The summed E-state index contributed by atoms with van der Waals surface area (Å²) >= 11 is 0. The Hall–Kier alpha value is -4.18. The molecular weight excluding hydrogens is 466 g/mol. The third-order valence-corrected chi connectivity index (χ3v) is 7.40. The molecule has 10 heteroatoms. The monoisotopic (exact) mass is 497 g/mol. The van der Waals surface area contributed by atoms with Gasteiger partial charge in [0.25, 0.3) is 0 Å². The summed E-state index contributed by atoms with van der Waals surface area (Å²) in [6, 6.07) is 13.6. The van der Waals surface area contributed by atoms with Crippen LogP contribution < -0.4 is 17.0 Å². The van der Waals surface area contributed by atoms with E-state index in [1.54, 1.807) is 10.7 Å². The molecule has 5 rings (SSSR count). The maximum Gasteiger partial charge on any atom is 0.236 e. The van der Waals surface area contributed by atoms with Gasteiger partial charge in [-0.25, -0.2) is 16.4 Å². The van der Waals surface area contributed by atoms with Gasteiger partial charge in [-0.1, -0.05) is 36.4 Å². The SMILES string of the molecule is CC(N=N)c1c(CC2CCC(C(=O)NN)CC2)nc2c(-c3ccc(-c4ccccc4)nc3)cnn2c1N. The van der Waals surface area contributed by atoms with Crippen LogP contribution in [0.3, 0.4) is 0 Å². The van der Waals surface area contributed by atoms with Crippen molar-refractivity contribution in [1.29, 1.82) is 5.53 Å². The van der Waals surface area contributed by atoms with E-state index in [-0.39, 0.29) is 11.8 Å². The minimum Gasteiger partial charge on any atom is -0.383 e. The number of carbonyl (C=O) groups is 1. The van der Waals surface area contributed by atoms with Crippen molar-refractivity contribution in [1.82, 2.24) is 25.0 Å². The van der Waals surface area contributed by atoms with Crippen LogP contribution in [0.25, 0.3) is 28.0 Å². The molecule has 3 heterocycles. The van der Waals surface area contributed by atoms with Gasteiger partial charge >= 0.3 is 0 Å². The van der Waals surface area contributed by atoms with E-state index in [1.165, 1.54) is 0 Å². The highest BCUT2D eigenvalue weighted by Crippen LogP contribution is 2.36. The fraction of sp³-hybridized carbons (Fsp3) is 0.333. The standard InChI is InChI=1S/C27H31N9O/c1-16(34-29)24-23(13-17-7-9-19(10-8-17)27(37)35-30)33-26-21(15-32-36(26)25(24)28)20-11-12-22(31-14-20)18-5-3-2-4-6-18/h2-6,11-12,14-17,19,29H,7-10,13,28,30H2,1H3,(H,35,37). The highest BCUT2D eigenvalue weighted by atomic mass is 16.2. The molecule has 10 nitrogen and oxygen atoms in total. The summed E-state index contributed by atoms with van der Waals surface area (Å²) in [4.78, 5) is 21.6. The van der Waals surface area contributed by atoms with E-state index in [1.807, 2.05) is 55.6 Å². The molecular formula is C27H31N9O. The van der Waals surface area contributed by atoms with E-state index in [4.69, 9.17) is 22.1 Å². The third-order valence-electron chi connectivity index (χ3n) is 7.40. The second-order valence-corrected chi connectivity index (χ2v) is 9.68. The molecule has 1 atom stereocenters. The first-order chi connectivity index (χ1) is 18.0. The van der Waals surface area contributed by atoms with Crippen molar-refractivity contribution in [3.05, 3.63) is 66.1 Å². The number of rotatable bonds is 7. The molecule has 1 fully saturated rings. The van der Waals surface area contributed by atoms with E-state index < -0.39 is 6.04 Å². The van der Waals surface area contributed by atoms with E-state index in [2.05, 4.69) is 20.6 Å². The lowest BCUT2D eigenvalue weighted by atomic mass is 9.79. The molecule has 190 valence electrons. The predicted molar refractivity (Wildman–Crippen MR) is 141 cm³/mol. The van der Waals surface area contributed by atoms with E-state index in [0.29, 0.717) is 23.8 Å². The fourth-order valence-corrected chi connectivity index (χ4v) is 5.31. The van der Waals surface area contributed by atoms with Gasteiger partial charge in [-0.05, 0) is 51.0 Å². The molecule has 1 amide bonds. The Balaban J connectivity index is 1.49. The number of anilines is 1. The smallest absolute Gasteiger partial charge is 0.236 e. The number of hydrazine groups is 1. The summed E-state index contributed by atoms with van der Waals surface area (Å²) in [5.41, 5.74) is 22.4. The molecule has 37 heavy (non-hydrogen) atoms. The van der Waals surface area contributed by atoms with Gasteiger partial charge in [0.15, 0.2) is 5.65 Å². The van der Waals surface area contributed by atoms with Crippen LogP contribution >= 0.6 is 0 Å². The number of carbonyl (C=O) groups excluding carboxylic acids is 1. The molecule has 6 N–H and O–H groups in total. The van der Waals surface area contributed by atoms with Gasteiger partial charge in [0.1, 0.15) is 5.82 Å². The lowest BCUT2D eigenvalue weighted by molar-refractivity contribution is -0.126. The van der Waals surface area contributed by atoms with E-state index in [9.17, 15) is 4.79 Å². The summed E-state index contributed by atoms with van der Waals surface area (Å²) in [6.07, 6.45) is 7.65. The van der Waals surface area contributed by atoms with Crippen molar-refractivity contribution in [2.24, 2.45) is 22.8 Å². The summed E-state index contributed by atoms with van der Waals surface area (Å²) < 4.78 is 1.63. The van der Waals surface area contributed by atoms with Crippen molar-refractivity contribution in [3.63, 3.8) is 0 Å². The molecule has 1 aromatic carbocycles. The summed E-state index contributed by atoms with van der Waals surface area (Å²) in [7, 11) is 0. The Morgan fingerprint density at radius 2 is 1.89 bits per heavy atom. The molecule has 0 spiro atoms. The molecule has 3 aromatic heterocycles. The van der Waals surface area contributed by atoms with E-state index >= 15 is 0 Å². The van der Waals surface area contributed by atoms with Gasteiger partial charge in [-0.15, -0.1) is 0 Å². The molecule has 0 saturated heterocycles. The number of pyridine rings is 1. The van der Waals surface area contributed by atoms with Crippen LogP contribution in [0.5, 0.6) is 0 Å². The van der Waals surface area contributed by atoms with Crippen LogP contribution in [0, 0.1) is 17.4 Å². The van der Waals surface area contributed by atoms with Crippen molar-refractivity contribution in [2.45, 2.75) is 45.1 Å². The van der Waals surface area contributed by atoms with Crippen LogP contribution in [0.2, 0.25) is 0 Å². The Morgan fingerprint density at radius 1 is 1.14 bits per heavy atom. The number of hydrogen-bond donors (Lipinski definition) is 4. The molecule has 1 aliphatic carbocycles. The Labute approximate surface area is 215 Å². The highest BCUT2D eigenvalue weighted by molar-refractivity contribution is 5.79. The lowest BCUT2D eigenvalue weighted by Crippen LogP contribution is -2.37. The topological polar surface area (TPSA) is 160 Å². The normalized spacial score (nSPS) is 18.4. The minimum absolute atomic E-state index is 0.0452. The Morgan fingerprint density at radius 3 is 2.54 bits per heavy atom. The summed E-state index contributed by atoms with van der Waals surface area (Å²) in [6.45, 7) is 1.84. The van der Waals surface area contributed by atoms with Crippen LogP contribution in [0.15, 0.2) is 60.0 Å². The van der Waals surface area contributed by atoms with Crippen molar-refractivity contribution in [2.75, 3.05) is 5.73 Å². The highest BCUT2D eigenvalue weighted by Gasteiger charge is 2.29. The number of benzene rings is 1. The van der Waals surface area contributed by atoms with Gasteiger partial charge in [-0.2, -0.15) is 14.7 Å². The first-order valence-electron chi connectivity index (χ1n) is 12.5. The number of nitrogens with one attached hydrogen (secondary N) is 2. The molecule has 0 aliphatic heterocycles. The number of fused-ring (bicyclic) bond motifs is 1. The molecule has 1 aliphatic rings. The van der Waals surface area contributed by atoms with Gasteiger partial charge in [0.05, 0.1) is 23.6 Å². The number of amides is 1. The zero-order valence-electron chi connectivity index (χ0n) is 20.8. The van der Waals surface area contributed by atoms with Gasteiger partial charge < -0.3 is 5.73 Å². The zero-order valence-corrected chi connectivity index (χ0v) is 20.8. The molecule has 1 saturated carbocycles. The maximum absolute atomic E-state index is 11.9.